The number of nitrogens with zero attached hydrogens (tertiary/aromatic N) is 4. The molecule has 0 fully saturated rings. The normalized spacial score (nSPS) is 11.2. The third-order valence-corrected chi connectivity index (χ3v) is 5.60. The van der Waals surface area contributed by atoms with Gasteiger partial charge in [-0.1, -0.05) is 23.2 Å². The second-order valence-electron chi connectivity index (χ2n) is 6.65. The molecular formula is C21H16Cl2F2N4. The van der Waals surface area contributed by atoms with Crippen LogP contribution in [0.1, 0.15) is 11.4 Å². The average Bonchev–Trinajstić information content (AvgIpc) is 3.15. The predicted molar refractivity (Wildman–Crippen MR) is 110 cm³/mol. The molecule has 0 aliphatic carbocycles. The third-order valence-electron chi connectivity index (χ3n) is 4.69. The summed E-state index contributed by atoms with van der Waals surface area (Å²) in [6, 6.07) is 11.9. The minimum Gasteiger partial charge on any atom is -0.246 e. The largest absolute Gasteiger partial charge is 0.246 e. The number of benzene rings is 2. The van der Waals surface area contributed by atoms with Crippen molar-refractivity contribution < 1.29 is 8.78 Å². The van der Waals surface area contributed by atoms with E-state index in [2.05, 4.69) is 10.2 Å². The lowest BCUT2D eigenvalue weighted by Crippen LogP contribution is -2.13. The molecule has 0 atom stereocenters. The minimum absolute atomic E-state index is 0.257. The Morgan fingerprint density at radius 3 is 1.83 bits per heavy atom. The van der Waals surface area contributed by atoms with Gasteiger partial charge < -0.3 is 0 Å². The maximum absolute atomic E-state index is 13.4. The number of hydrogen-bond donors (Lipinski definition) is 0. The van der Waals surface area contributed by atoms with Gasteiger partial charge in [-0.2, -0.15) is 10.2 Å². The van der Waals surface area contributed by atoms with Crippen LogP contribution in [0.3, 0.4) is 0 Å². The standard InChI is InChI=1S/C21H16Cl2F2N4/c1-12-18(22)13(2)28(26-12)11-29-21(15-5-9-17(25)10-6-15)19(23)20(27-29)14-3-7-16(24)8-4-14/h3-10H,11H2,1-2H3. The Labute approximate surface area is 176 Å². The van der Waals surface area contributed by atoms with Gasteiger partial charge in [-0.25, -0.2) is 18.1 Å². The van der Waals surface area contributed by atoms with Crippen LogP contribution < -0.4 is 0 Å². The molecule has 0 N–H and O–H groups in total. The quantitative estimate of drug-likeness (QED) is 0.389. The second kappa shape index (κ2) is 7.61. The van der Waals surface area contributed by atoms with Crippen molar-refractivity contribution in [2.75, 3.05) is 0 Å². The first-order chi connectivity index (χ1) is 13.8. The summed E-state index contributed by atoms with van der Waals surface area (Å²) in [5.41, 5.74) is 3.98. The van der Waals surface area contributed by atoms with Gasteiger partial charge in [-0.3, -0.25) is 0 Å². The lowest BCUT2D eigenvalue weighted by molar-refractivity contribution is 0.496. The highest BCUT2D eigenvalue weighted by atomic mass is 35.5. The van der Waals surface area contributed by atoms with Crippen LogP contribution in [0.25, 0.3) is 22.5 Å². The highest BCUT2D eigenvalue weighted by molar-refractivity contribution is 6.35. The van der Waals surface area contributed by atoms with Gasteiger partial charge in [0.15, 0.2) is 0 Å². The molecule has 148 valence electrons. The van der Waals surface area contributed by atoms with E-state index < -0.39 is 0 Å². The molecule has 4 rings (SSSR count). The molecule has 0 bridgehead atoms. The molecule has 29 heavy (non-hydrogen) atoms. The van der Waals surface area contributed by atoms with Crippen molar-refractivity contribution in [1.82, 2.24) is 19.6 Å². The first kappa shape index (κ1) is 19.6. The van der Waals surface area contributed by atoms with E-state index in [9.17, 15) is 8.78 Å². The van der Waals surface area contributed by atoms with Crippen molar-refractivity contribution in [3.63, 3.8) is 0 Å². The summed E-state index contributed by atoms with van der Waals surface area (Å²) in [4.78, 5) is 0. The molecule has 8 heteroatoms. The van der Waals surface area contributed by atoms with Gasteiger partial charge >= 0.3 is 0 Å². The smallest absolute Gasteiger partial charge is 0.134 e. The maximum Gasteiger partial charge on any atom is 0.134 e. The zero-order valence-corrected chi connectivity index (χ0v) is 17.1. The second-order valence-corrected chi connectivity index (χ2v) is 7.41. The van der Waals surface area contributed by atoms with Gasteiger partial charge in [-0.05, 0) is 62.4 Å². The molecule has 0 amide bonds. The van der Waals surface area contributed by atoms with Crippen molar-refractivity contribution in [3.05, 3.63) is 81.6 Å². The average molecular weight is 433 g/mol. The van der Waals surface area contributed by atoms with E-state index in [1.54, 1.807) is 33.6 Å². The van der Waals surface area contributed by atoms with E-state index in [4.69, 9.17) is 23.2 Å². The van der Waals surface area contributed by atoms with Crippen LogP contribution in [0.2, 0.25) is 10.0 Å². The van der Waals surface area contributed by atoms with Crippen LogP contribution in [0, 0.1) is 25.5 Å². The van der Waals surface area contributed by atoms with Crippen molar-refractivity contribution in [2.24, 2.45) is 0 Å². The molecule has 0 radical (unpaired) electrons. The molecule has 2 heterocycles. The Balaban J connectivity index is 1.87. The fraction of sp³-hybridized carbons (Fsp3) is 0.143. The summed E-state index contributed by atoms with van der Waals surface area (Å²) in [7, 11) is 0. The molecule has 0 saturated carbocycles. The first-order valence-electron chi connectivity index (χ1n) is 8.83. The molecule has 2 aromatic carbocycles. The van der Waals surface area contributed by atoms with Crippen LogP contribution in [0.4, 0.5) is 8.78 Å². The lowest BCUT2D eigenvalue weighted by atomic mass is 10.1. The van der Waals surface area contributed by atoms with Gasteiger partial charge in [0.25, 0.3) is 0 Å². The van der Waals surface area contributed by atoms with Crippen molar-refractivity contribution in [1.29, 1.82) is 0 Å². The molecule has 2 aromatic heterocycles. The van der Waals surface area contributed by atoms with Crippen molar-refractivity contribution >= 4 is 23.2 Å². The Morgan fingerprint density at radius 1 is 0.759 bits per heavy atom. The zero-order valence-electron chi connectivity index (χ0n) is 15.6. The van der Waals surface area contributed by atoms with E-state index in [0.29, 0.717) is 38.3 Å². The molecule has 0 spiro atoms. The van der Waals surface area contributed by atoms with Crippen LogP contribution in [0.15, 0.2) is 48.5 Å². The summed E-state index contributed by atoms with van der Waals surface area (Å²) >= 11 is 13.0. The van der Waals surface area contributed by atoms with Gasteiger partial charge in [0.1, 0.15) is 24.0 Å². The highest BCUT2D eigenvalue weighted by Gasteiger charge is 2.21. The number of hydrogen-bond acceptors (Lipinski definition) is 2. The van der Waals surface area contributed by atoms with E-state index in [1.807, 2.05) is 13.8 Å². The summed E-state index contributed by atoms with van der Waals surface area (Å²) < 4.78 is 30.2. The monoisotopic (exact) mass is 432 g/mol. The van der Waals surface area contributed by atoms with E-state index in [0.717, 1.165) is 5.69 Å². The molecular weight excluding hydrogens is 417 g/mol. The lowest BCUT2D eigenvalue weighted by Gasteiger charge is -2.10. The van der Waals surface area contributed by atoms with Crippen molar-refractivity contribution in [3.8, 4) is 22.5 Å². The third kappa shape index (κ3) is 3.66. The number of rotatable bonds is 4. The Morgan fingerprint density at radius 2 is 1.31 bits per heavy atom. The highest BCUT2D eigenvalue weighted by Crippen LogP contribution is 2.36. The fourth-order valence-corrected chi connectivity index (χ4v) is 3.65. The Bertz CT molecular complexity index is 1180. The van der Waals surface area contributed by atoms with Gasteiger partial charge in [0.05, 0.1) is 27.1 Å². The summed E-state index contributed by atoms with van der Waals surface area (Å²) in [6.07, 6.45) is 0. The molecule has 0 saturated heterocycles. The molecule has 0 aliphatic rings. The first-order valence-corrected chi connectivity index (χ1v) is 9.58. The summed E-state index contributed by atoms with van der Waals surface area (Å²) in [6.45, 7) is 3.95. The van der Waals surface area contributed by atoms with E-state index >= 15 is 0 Å². The molecule has 0 aliphatic heterocycles. The molecule has 0 unspecified atom stereocenters. The zero-order chi connectivity index (χ0) is 20.7. The molecule has 4 aromatic rings. The number of aromatic nitrogens is 4. The Kier molecular flexibility index (Phi) is 5.15. The minimum atomic E-state index is -0.347. The number of halogens is 4. The van der Waals surface area contributed by atoms with Gasteiger partial charge in [-0.15, -0.1) is 0 Å². The van der Waals surface area contributed by atoms with Crippen LogP contribution in [0.5, 0.6) is 0 Å². The van der Waals surface area contributed by atoms with Gasteiger partial charge in [0, 0.05) is 11.1 Å². The van der Waals surface area contributed by atoms with Crippen LogP contribution in [-0.4, -0.2) is 19.6 Å². The van der Waals surface area contributed by atoms with Crippen LogP contribution in [-0.2, 0) is 6.67 Å². The van der Waals surface area contributed by atoms with Crippen molar-refractivity contribution in [2.45, 2.75) is 20.5 Å². The fourth-order valence-electron chi connectivity index (χ4n) is 3.16. The topological polar surface area (TPSA) is 35.6 Å². The predicted octanol–water partition coefficient (Wildman–Crippen LogP) is 6.12. The van der Waals surface area contributed by atoms with E-state index in [-0.39, 0.29) is 18.3 Å². The Hall–Kier alpha value is -2.70. The van der Waals surface area contributed by atoms with E-state index in [1.165, 1.54) is 24.3 Å². The summed E-state index contributed by atoms with van der Waals surface area (Å²) in [5.74, 6) is -0.694. The van der Waals surface area contributed by atoms with Crippen LogP contribution >= 0.6 is 23.2 Å². The molecule has 4 nitrogen and oxygen atoms in total. The number of aryl methyl sites for hydroxylation is 1. The maximum atomic E-state index is 13.4. The SMILES string of the molecule is Cc1nn(Cn2nc(-c3ccc(F)cc3)c(Cl)c2-c2ccc(F)cc2)c(C)c1Cl. The van der Waals surface area contributed by atoms with Gasteiger partial charge in [0.2, 0.25) is 0 Å². The summed E-state index contributed by atoms with van der Waals surface area (Å²) in [5, 5.41) is 10.1.